The molecule has 6 heteroatoms. The highest BCUT2D eigenvalue weighted by molar-refractivity contribution is 5.68. The Balaban J connectivity index is 2.54. The van der Waals surface area contributed by atoms with Gasteiger partial charge in [0.25, 0.3) is 0 Å². The molecule has 0 spiro atoms. The van der Waals surface area contributed by atoms with E-state index in [2.05, 4.69) is 36.5 Å². The summed E-state index contributed by atoms with van der Waals surface area (Å²) in [6, 6.07) is 2.16. The van der Waals surface area contributed by atoms with Gasteiger partial charge < -0.3 is 15.4 Å². The lowest BCUT2D eigenvalue weighted by molar-refractivity contribution is 0.0489. The smallest absolute Gasteiger partial charge is 0.407 e. The third-order valence-electron chi connectivity index (χ3n) is 3.45. The number of nitrogens with zero attached hydrogens (tertiary/aromatic N) is 2. The first-order valence-corrected chi connectivity index (χ1v) is 7.81. The van der Waals surface area contributed by atoms with Crippen LogP contribution in [0.1, 0.15) is 53.3 Å². The van der Waals surface area contributed by atoms with Crippen LogP contribution >= 0.6 is 0 Å². The zero-order valence-corrected chi connectivity index (χ0v) is 14.8. The molecule has 0 bridgehead atoms. The van der Waals surface area contributed by atoms with Crippen LogP contribution in [0.4, 0.5) is 4.79 Å². The van der Waals surface area contributed by atoms with E-state index >= 15 is 0 Å². The Morgan fingerprint density at radius 2 is 2.00 bits per heavy atom. The number of aryl methyl sites for hydroxylation is 1. The van der Waals surface area contributed by atoms with Crippen LogP contribution in [0.15, 0.2) is 12.3 Å². The van der Waals surface area contributed by atoms with Crippen LogP contribution in [0, 0.1) is 5.92 Å². The van der Waals surface area contributed by atoms with E-state index in [1.165, 1.54) is 0 Å². The van der Waals surface area contributed by atoms with Gasteiger partial charge in [-0.3, -0.25) is 4.68 Å². The molecule has 0 aliphatic rings. The Morgan fingerprint density at radius 3 is 2.45 bits per heavy atom. The maximum absolute atomic E-state index is 11.9. The summed E-state index contributed by atoms with van der Waals surface area (Å²) in [4.78, 5) is 11.9. The average Bonchev–Trinajstić information content (AvgIpc) is 2.77. The fraction of sp³-hybridized carbons (Fsp3) is 0.750. The number of carbonyl (C=O) groups is 1. The summed E-state index contributed by atoms with van der Waals surface area (Å²) in [5.41, 5.74) is 0.626. The second kappa shape index (κ2) is 7.63. The predicted molar refractivity (Wildman–Crippen MR) is 87.6 cm³/mol. The molecule has 1 amide bonds. The van der Waals surface area contributed by atoms with Gasteiger partial charge in [0.05, 0.1) is 5.69 Å². The van der Waals surface area contributed by atoms with Gasteiger partial charge in [-0.1, -0.05) is 13.8 Å². The zero-order valence-electron chi connectivity index (χ0n) is 14.8. The summed E-state index contributed by atoms with van der Waals surface area (Å²) in [7, 11) is 1.92. The van der Waals surface area contributed by atoms with Gasteiger partial charge >= 0.3 is 6.09 Å². The molecule has 1 aromatic heterocycles. The molecule has 22 heavy (non-hydrogen) atoms. The number of hydrogen-bond donors (Lipinski definition) is 2. The van der Waals surface area contributed by atoms with Gasteiger partial charge in [0.2, 0.25) is 0 Å². The summed E-state index contributed by atoms with van der Waals surface area (Å²) in [6.07, 6.45) is 1.41. The predicted octanol–water partition coefficient (Wildman–Crippen LogP) is 2.62. The molecule has 1 heterocycles. The van der Waals surface area contributed by atoms with Crippen molar-refractivity contribution in [3.05, 3.63) is 18.0 Å². The molecule has 0 radical (unpaired) electrons. The second-order valence-electron chi connectivity index (χ2n) is 7.01. The number of nitrogens with one attached hydrogen (secondary N) is 2. The highest BCUT2D eigenvalue weighted by Crippen LogP contribution is 2.12. The minimum atomic E-state index is -0.485. The monoisotopic (exact) mass is 310 g/mol. The third kappa shape index (κ3) is 6.05. The number of rotatable bonds is 6. The van der Waals surface area contributed by atoms with Gasteiger partial charge in [0, 0.05) is 31.9 Å². The van der Waals surface area contributed by atoms with E-state index in [-0.39, 0.29) is 18.2 Å². The molecule has 0 fully saturated rings. The SMILES string of the molecule is CC(NCC(NC(=O)OC(C)(C)C)C(C)C)c1ccnn1C. The highest BCUT2D eigenvalue weighted by Gasteiger charge is 2.22. The molecule has 0 aliphatic carbocycles. The normalized spacial score (nSPS) is 14.7. The van der Waals surface area contributed by atoms with Gasteiger partial charge in [-0.15, -0.1) is 0 Å². The maximum Gasteiger partial charge on any atom is 0.407 e. The van der Waals surface area contributed by atoms with Crippen molar-refractivity contribution >= 4 is 6.09 Å². The molecule has 2 atom stereocenters. The van der Waals surface area contributed by atoms with Crippen molar-refractivity contribution in [3.8, 4) is 0 Å². The molecule has 0 aliphatic heterocycles. The van der Waals surface area contributed by atoms with E-state index in [1.807, 2.05) is 38.6 Å². The third-order valence-corrected chi connectivity index (χ3v) is 3.45. The van der Waals surface area contributed by atoms with Crippen molar-refractivity contribution < 1.29 is 9.53 Å². The number of carbonyl (C=O) groups excluding carboxylic acids is 1. The largest absolute Gasteiger partial charge is 0.444 e. The fourth-order valence-electron chi connectivity index (χ4n) is 2.13. The topological polar surface area (TPSA) is 68.2 Å². The highest BCUT2D eigenvalue weighted by atomic mass is 16.6. The van der Waals surface area contributed by atoms with Crippen molar-refractivity contribution in [2.24, 2.45) is 13.0 Å². The number of ether oxygens (including phenoxy) is 1. The van der Waals surface area contributed by atoms with Crippen LogP contribution in [0.5, 0.6) is 0 Å². The van der Waals surface area contributed by atoms with Gasteiger partial charge in [0.1, 0.15) is 5.60 Å². The first kappa shape index (κ1) is 18.5. The summed E-state index contributed by atoms with van der Waals surface area (Å²) in [6.45, 7) is 12.5. The number of aromatic nitrogens is 2. The van der Waals surface area contributed by atoms with Crippen molar-refractivity contribution in [1.29, 1.82) is 0 Å². The minimum absolute atomic E-state index is 0.00512. The molecule has 1 aromatic rings. The molecule has 0 saturated carbocycles. The maximum atomic E-state index is 11.9. The standard InChI is InChI=1S/C16H30N4O2/c1-11(2)13(19-15(21)22-16(4,5)6)10-17-12(3)14-8-9-18-20(14)7/h8-9,11-13,17H,10H2,1-7H3,(H,19,21). The van der Waals surface area contributed by atoms with E-state index in [0.29, 0.717) is 12.5 Å². The Labute approximate surface area is 133 Å². The molecular formula is C16H30N4O2. The van der Waals surface area contributed by atoms with Crippen LogP contribution < -0.4 is 10.6 Å². The van der Waals surface area contributed by atoms with Crippen LogP contribution in [-0.4, -0.2) is 34.1 Å². The molecule has 0 aromatic carbocycles. The Bertz CT molecular complexity index is 477. The quantitative estimate of drug-likeness (QED) is 0.847. The Morgan fingerprint density at radius 1 is 1.36 bits per heavy atom. The van der Waals surface area contributed by atoms with Gasteiger partial charge in [-0.05, 0) is 39.7 Å². The summed E-state index contributed by atoms with van der Waals surface area (Å²) >= 11 is 0. The van der Waals surface area contributed by atoms with Crippen LogP contribution in [0.25, 0.3) is 0 Å². The first-order valence-electron chi connectivity index (χ1n) is 7.81. The summed E-state index contributed by atoms with van der Waals surface area (Å²) in [5, 5.41) is 10.6. The van der Waals surface area contributed by atoms with Crippen LogP contribution in [0.3, 0.4) is 0 Å². The molecule has 126 valence electrons. The number of amides is 1. The average molecular weight is 310 g/mol. The lowest BCUT2D eigenvalue weighted by Crippen LogP contribution is -2.47. The van der Waals surface area contributed by atoms with E-state index < -0.39 is 5.60 Å². The van der Waals surface area contributed by atoms with E-state index in [1.54, 1.807) is 6.20 Å². The first-order chi connectivity index (χ1) is 10.1. The van der Waals surface area contributed by atoms with Crippen molar-refractivity contribution in [3.63, 3.8) is 0 Å². The van der Waals surface area contributed by atoms with Crippen molar-refractivity contribution in [2.45, 2.75) is 59.2 Å². The minimum Gasteiger partial charge on any atom is -0.444 e. The van der Waals surface area contributed by atoms with Gasteiger partial charge in [-0.2, -0.15) is 5.10 Å². The number of hydrogen-bond acceptors (Lipinski definition) is 4. The lowest BCUT2D eigenvalue weighted by Gasteiger charge is -2.27. The van der Waals surface area contributed by atoms with Crippen LogP contribution in [0.2, 0.25) is 0 Å². The Hall–Kier alpha value is -1.56. The zero-order chi connectivity index (χ0) is 16.9. The van der Waals surface area contributed by atoms with Crippen LogP contribution in [-0.2, 0) is 11.8 Å². The Kier molecular flexibility index (Phi) is 6.41. The molecule has 2 N–H and O–H groups in total. The van der Waals surface area contributed by atoms with E-state index in [0.717, 1.165) is 5.69 Å². The van der Waals surface area contributed by atoms with Crippen molar-refractivity contribution in [1.82, 2.24) is 20.4 Å². The fourth-order valence-corrected chi connectivity index (χ4v) is 2.13. The number of alkyl carbamates (subject to hydrolysis) is 1. The van der Waals surface area contributed by atoms with Gasteiger partial charge in [0.15, 0.2) is 0 Å². The molecule has 6 nitrogen and oxygen atoms in total. The molecule has 0 saturated heterocycles. The summed E-state index contributed by atoms with van der Waals surface area (Å²) < 4.78 is 7.18. The molecule has 1 rings (SSSR count). The molecule has 2 unspecified atom stereocenters. The van der Waals surface area contributed by atoms with E-state index in [9.17, 15) is 4.79 Å². The van der Waals surface area contributed by atoms with Crippen molar-refractivity contribution in [2.75, 3.05) is 6.54 Å². The lowest BCUT2D eigenvalue weighted by atomic mass is 10.0. The summed E-state index contributed by atoms with van der Waals surface area (Å²) in [5.74, 6) is 0.304. The molecular weight excluding hydrogens is 280 g/mol. The van der Waals surface area contributed by atoms with E-state index in [4.69, 9.17) is 4.74 Å². The second-order valence-corrected chi connectivity index (χ2v) is 7.01. The van der Waals surface area contributed by atoms with Gasteiger partial charge in [-0.25, -0.2) is 4.79 Å².